The zero-order valence-electron chi connectivity index (χ0n) is 9.60. The van der Waals surface area contributed by atoms with Gasteiger partial charge in [0.15, 0.2) is 0 Å². The van der Waals surface area contributed by atoms with Crippen LogP contribution in [-0.4, -0.2) is 12.1 Å². The molecule has 18 heavy (non-hydrogen) atoms. The van der Waals surface area contributed by atoms with E-state index in [1.54, 1.807) is 0 Å². The molecule has 1 aromatic rings. The maximum atomic E-state index is 13.5. The van der Waals surface area contributed by atoms with E-state index in [1.807, 2.05) is 0 Å². The number of fused-ring (bicyclic) bond motifs is 2. The number of hydrogen-bond donors (Lipinski definition) is 1. The normalized spacial score (nSPS) is 31.0. The van der Waals surface area contributed by atoms with E-state index in [0.717, 1.165) is 31.4 Å². The first-order valence-corrected chi connectivity index (χ1v) is 6.08. The Morgan fingerprint density at radius 2 is 1.94 bits per heavy atom. The summed E-state index contributed by atoms with van der Waals surface area (Å²) in [5, 5.41) is 3.40. The Kier molecular flexibility index (Phi) is 2.62. The highest BCUT2D eigenvalue weighted by Crippen LogP contribution is 2.41. The van der Waals surface area contributed by atoms with Crippen molar-refractivity contribution >= 4 is 0 Å². The maximum Gasteiger partial charge on any atom is 0.419 e. The Bertz CT molecular complexity index is 469. The van der Waals surface area contributed by atoms with E-state index in [0.29, 0.717) is 17.6 Å². The molecule has 98 valence electrons. The van der Waals surface area contributed by atoms with Gasteiger partial charge in [0.05, 0.1) is 5.56 Å². The van der Waals surface area contributed by atoms with Crippen molar-refractivity contribution in [3.63, 3.8) is 0 Å². The third kappa shape index (κ3) is 1.90. The van der Waals surface area contributed by atoms with Crippen LogP contribution in [0.5, 0.6) is 0 Å². The van der Waals surface area contributed by atoms with Crippen LogP contribution in [0.1, 0.15) is 36.3 Å². The number of nitrogens with one attached hydrogen (secondary N) is 1. The summed E-state index contributed by atoms with van der Waals surface area (Å²) in [5.74, 6) is -1.01. The van der Waals surface area contributed by atoms with Crippen molar-refractivity contribution in [1.82, 2.24) is 5.32 Å². The third-order valence-corrected chi connectivity index (χ3v) is 4.03. The lowest BCUT2D eigenvalue weighted by atomic mass is 9.83. The van der Waals surface area contributed by atoms with Crippen LogP contribution in [-0.2, 0) is 6.18 Å². The summed E-state index contributed by atoms with van der Waals surface area (Å²) in [5.41, 5.74) is -0.498. The van der Waals surface area contributed by atoms with E-state index in [-0.39, 0.29) is 5.92 Å². The Morgan fingerprint density at radius 3 is 2.44 bits per heavy atom. The van der Waals surface area contributed by atoms with Crippen LogP contribution >= 0.6 is 0 Å². The van der Waals surface area contributed by atoms with Gasteiger partial charge in [-0.15, -0.1) is 0 Å². The summed E-state index contributed by atoms with van der Waals surface area (Å²) in [6, 6.07) is 4.07. The quantitative estimate of drug-likeness (QED) is 0.762. The van der Waals surface area contributed by atoms with Gasteiger partial charge in [0.25, 0.3) is 0 Å². The van der Waals surface area contributed by atoms with Crippen LogP contribution in [0.3, 0.4) is 0 Å². The van der Waals surface area contributed by atoms with Crippen molar-refractivity contribution in [1.29, 1.82) is 0 Å². The fraction of sp³-hybridized carbons (Fsp3) is 0.538. The van der Waals surface area contributed by atoms with Crippen molar-refractivity contribution in [3.05, 3.63) is 35.1 Å². The van der Waals surface area contributed by atoms with Crippen LogP contribution in [0.25, 0.3) is 0 Å². The molecule has 0 aliphatic carbocycles. The van der Waals surface area contributed by atoms with Gasteiger partial charge < -0.3 is 5.32 Å². The monoisotopic (exact) mass is 259 g/mol. The van der Waals surface area contributed by atoms with Crippen molar-refractivity contribution < 1.29 is 17.6 Å². The summed E-state index contributed by atoms with van der Waals surface area (Å²) < 4.78 is 50.9. The molecule has 2 fully saturated rings. The highest BCUT2D eigenvalue weighted by molar-refractivity contribution is 5.31. The summed E-state index contributed by atoms with van der Waals surface area (Å²) >= 11 is 0. The van der Waals surface area contributed by atoms with Crippen molar-refractivity contribution in [2.75, 3.05) is 0 Å². The van der Waals surface area contributed by atoms with Crippen molar-refractivity contribution in [2.24, 2.45) is 0 Å². The van der Waals surface area contributed by atoms with Gasteiger partial charge in [0.2, 0.25) is 0 Å². The average molecular weight is 259 g/mol. The van der Waals surface area contributed by atoms with Crippen LogP contribution in [0.4, 0.5) is 17.6 Å². The molecular weight excluding hydrogens is 246 g/mol. The lowest BCUT2D eigenvalue weighted by Gasteiger charge is -2.21. The number of halogens is 4. The van der Waals surface area contributed by atoms with Gasteiger partial charge in [0.1, 0.15) is 5.82 Å². The first-order valence-electron chi connectivity index (χ1n) is 6.08. The van der Waals surface area contributed by atoms with E-state index < -0.39 is 17.6 Å². The van der Waals surface area contributed by atoms with Gasteiger partial charge in [-0.25, -0.2) is 4.39 Å². The van der Waals surface area contributed by atoms with Crippen molar-refractivity contribution in [3.8, 4) is 0 Å². The molecule has 3 unspecified atom stereocenters. The van der Waals surface area contributed by atoms with E-state index >= 15 is 0 Å². The summed E-state index contributed by atoms with van der Waals surface area (Å²) in [6.45, 7) is 0. The Morgan fingerprint density at radius 1 is 1.17 bits per heavy atom. The molecule has 1 N–H and O–H groups in total. The second kappa shape index (κ2) is 3.95. The molecular formula is C13H13F4N. The van der Waals surface area contributed by atoms with Gasteiger partial charge >= 0.3 is 6.18 Å². The lowest BCUT2D eigenvalue weighted by molar-refractivity contribution is -0.140. The molecule has 2 aliphatic rings. The molecule has 0 aromatic heterocycles. The number of alkyl halides is 3. The molecule has 0 saturated carbocycles. The topological polar surface area (TPSA) is 12.0 Å². The minimum absolute atomic E-state index is 0.153. The predicted octanol–water partition coefficient (Wildman–Crippen LogP) is 3.45. The lowest BCUT2D eigenvalue weighted by Crippen LogP contribution is -2.21. The van der Waals surface area contributed by atoms with Crippen LogP contribution in [0.2, 0.25) is 0 Å². The Balaban J connectivity index is 1.89. The number of benzene rings is 1. The fourth-order valence-corrected chi connectivity index (χ4v) is 3.18. The molecule has 5 heteroatoms. The average Bonchev–Trinajstić information content (AvgIpc) is 2.88. The molecule has 1 aromatic carbocycles. The second-order valence-corrected chi connectivity index (χ2v) is 5.13. The third-order valence-electron chi connectivity index (χ3n) is 4.03. The van der Waals surface area contributed by atoms with E-state index in [4.69, 9.17) is 0 Å². The van der Waals surface area contributed by atoms with E-state index in [1.165, 1.54) is 6.07 Å². The van der Waals surface area contributed by atoms with Gasteiger partial charge in [-0.2, -0.15) is 13.2 Å². The summed E-state index contributed by atoms with van der Waals surface area (Å²) in [6.07, 6.45) is -1.58. The van der Waals surface area contributed by atoms with Gasteiger partial charge in [-0.1, -0.05) is 6.07 Å². The molecule has 3 atom stereocenters. The highest BCUT2D eigenvalue weighted by atomic mass is 19.4. The standard InChI is InChI=1S/C13H13F4N/c14-11-5-7(1-3-10(11)13(15,16)17)9-6-8-2-4-12(9)18-8/h1,3,5,8-9,12,18H,2,4,6H2. The molecule has 3 rings (SSSR count). The first-order chi connectivity index (χ1) is 8.45. The highest BCUT2D eigenvalue weighted by Gasteiger charge is 2.40. The molecule has 2 bridgehead atoms. The zero-order chi connectivity index (χ0) is 12.9. The maximum absolute atomic E-state index is 13.5. The van der Waals surface area contributed by atoms with Gasteiger partial charge in [-0.05, 0) is 37.0 Å². The van der Waals surface area contributed by atoms with Crippen LogP contribution in [0, 0.1) is 5.82 Å². The van der Waals surface area contributed by atoms with E-state index in [2.05, 4.69) is 5.32 Å². The molecule has 2 saturated heterocycles. The molecule has 0 radical (unpaired) electrons. The van der Waals surface area contributed by atoms with Crippen LogP contribution in [0.15, 0.2) is 18.2 Å². The molecule has 2 heterocycles. The Hall–Kier alpha value is -1.10. The molecule has 1 nitrogen and oxygen atoms in total. The van der Waals surface area contributed by atoms with E-state index in [9.17, 15) is 17.6 Å². The SMILES string of the molecule is Fc1cc(C2CC3CCC2N3)ccc1C(F)(F)F. The zero-order valence-corrected chi connectivity index (χ0v) is 9.60. The van der Waals surface area contributed by atoms with Crippen LogP contribution < -0.4 is 5.32 Å². The minimum atomic E-state index is -4.62. The molecule has 0 amide bonds. The van der Waals surface area contributed by atoms with Gasteiger partial charge in [0, 0.05) is 18.0 Å². The Labute approximate surface area is 102 Å². The van der Waals surface area contributed by atoms with Crippen molar-refractivity contribution in [2.45, 2.75) is 43.4 Å². The summed E-state index contributed by atoms with van der Waals surface area (Å²) in [4.78, 5) is 0. The largest absolute Gasteiger partial charge is 0.419 e. The smallest absolute Gasteiger partial charge is 0.311 e. The van der Waals surface area contributed by atoms with Gasteiger partial charge in [-0.3, -0.25) is 0 Å². The molecule has 2 aliphatic heterocycles. The minimum Gasteiger partial charge on any atom is -0.311 e. The predicted molar refractivity (Wildman–Crippen MR) is 58.7 cm³/mol. The summed E-state index contributed by atoms with van der Waals surface area (Å²) in [7, 11) is 0. The number of rotatable bonds is 1. The first kappa shape index (κ1) is 12.0. The fourth-order valence-electron chi connectivity index (χ4n) is 3.18. The second-order valence-electron chi connectivity index (χ2n) is 5.13. The number of hydrogen-bond acceptors (Lipinski definition) is 1. The molecule has 0 spiro atoms.